The van der Waals surface area contributed by atoms with E-state index in [-0.39, 0.29) is 18.1 Å². The monoisotopic (exact) mass is 278 g/mol. The number of hydrogen-bond donors (Lipinski definition) is 3. The first kappa shape index (κ1) is 14.4. The van der Waals surface area contributed by atoms with Crippen LogP contribution < -0.4 is 0 Å². The molecule has 0 spiro atoms. The maximum absolute atomic E-state index is 9.82. The number of rotatable bonds is 4. The molecule has 5 heteroatoms. The first-order valence-electron chi connectivity index (χ1n) is 6.25. The standard InChI is InChI=1S/C15H18O5/c1-3-4-5-6-15(19-2)8-10-7-12(16)14(18)13(17)11(10)9-20-15/h3-5,7,16-18H,1,6,8-9H2,2H3. The van der Waals surface area contributed by atoms with Gasteiger partial charge in [0.05, 0.1) is 6.61 Å². The molecule has 108 valence electrons. The second kappa shape index (κ2) is 5.56. The van der Waals surface area contributed by atoms with Crippen molar-refractivity contribution in [3.63, 3.8) is 0 Å². The van der Waals surface area contributed by atoms with Gasteiger partial charge in [-0.2, -0.15) is 0 Å². The number of phenolic OH excluding ortho intramolecular Hbond substituents is 3. The molecule has 1 aliphatic heterocycles. The van der Waals surface area contributed by atoms with E-state index in [1.807, 2.05) is 6.08 Å². The SMILES string of the molecule is C=CC=CCC1(OC)Cc2cc(O)c(O)c(O)c2CO1. The number of methoxy groups -OCH3 is 1. The summed E-state index contributed by atoms with van der Waals surface area (Å²) in [5, 5.41) is 28.9. The van der Waals surface area contributed by atoms with E-state index < -0.39 is 11.5 Å². The molecule has 2 rings (SSSR count). The summed E-state index contributed by atoms with van der Waals surface area (Å²) in [6.07, 6.45) is 6.21. The molecule has 0 aliphatic carbocycles. The zero-order chi connectivity index (χ0) is 14.8. The van der Waals surface area contributed by atoms with Gasteiger partial charge in [-0.3, -0.25) is 0 Å². The Morgan fingerprint density at radius 3 is 2.80 bits per heavy atom. The minimum atomic E-state index is -0.845. The van der Waals surface area contributed by atoms with Gasteiger partial charge in [-0.25, -0.2) is 0 Å². The smallest absolute Gasteiger partial charge is 0.200 e. The number of allylic oxidation sites excluding steroid dienone is 2. The van der Waals surface area contributed by atoms with Crippen LogP contribution in [0.3, 0.4) is 0 Å². The molecule has 0 radical (unpaired) electrons. The lowest BCUT2D eigenvalue weighted by Gasteiger charge is -2.36. The third kappa shape index (κ3) is 2.50. The molecule has 1 aliphatic rings. The van der Waals surface area contributed by atoms with Gasteiger partial charge >= 0.3 is 0 Å². The molecule has 5 nitrogen and oxygen atoms in total. The van der Waals surface area contributed by atoms with Crippen LogP contribution in [0.5, 0.6) is 17.2 Å². The summed E-state index contributed by atoms with van der Waals surface area (Å²) in [7, 11) is 1.55. The predicted molar refractivity (Wildman–Crippen MR) is 73.6 cm³/mol. The van der Waals surface area contributed by atoms with E-state index in [1.54, 1.807) is 19.3 Å². The molecule has 20 heavy (non-hydrogen) atoms. The molecule has 1 atom stereocenters. The first-order chi connectivity index (χ1) is 9.53. The van der Waals surface area contributed by atoms with Crippen molar-refractivity contribution in [2.24, 2.45) is 0 Å². The van der Waals surface area contributed by atoms with Crippen LogP contribution in [0.25, 0.3) is 0 Å². The van der Waals surface area contributed by atoms with Crippen molar-refractivity contribution in [2.75, 3.05) is 7.11 Å². The van der Waals surface area contributed by atoms with E-state index in [4.69, 9.17) is 9.47 Å². The highest BCUT2D eigenvalue weighted by Gasteiger charge is 2.36. The molecule has 1 aromatic rings. The molecular formula is C15H18O5. The number of fused-ring (bicyclic) bond motifs is 1. The fourth-order valence-electron chi connectivity index (χ4n) is 2.29. The van der Waals surface area contributed by atoms with E-state index in [1.165, 1.54) is 6.07 Å². The Hall–Kier alpha value is -1.98. The van der Waals surface area contributed by atoms with E-state index in [0.29, 0.717) is 24.0 Å². The van der Waals surface area contributed by atoms with Gasteiger partial charge < -0.3 is 24.8 Å². The molecule has 1 aromatic carbocycles. The van der Waals surface area contributed by atoms with Crippen molar-refractivity contribution in [1.29, 1.82) is 0 Å². The van der Waals surface area contributed by atoms with Crippen molar-refractivity contribution < 1.29 is 24.8 Å². The fourth-order valence-corrected chi connectivity index (χ4v) is 2.29. The van der Waals surface area contributed by atoms with E-state index in [2.05, 4.69) is 6.58 Å². The minimum absolute atomic E-state index is 0.102. The zero-order valence-corrected chi connectivity index (χ0v) is 11.3. The van der Waals surface area contributed by atoms with Crippen molar-refractivity contribution >= 4 is 0 Å². The van der Waals surface area contributed by atoms with Crippen LogP contribution in [0.15, 0.2) is 30.9 Å². The van der Waals surface area contributed by atoms with E-state index in [0.717, 1.165) is 0 Å². The number of ether oxygens (including phenoxy) is 2. The van der Waals surface area contributed by atoms with Crippen molar-refractivity contribution in [2.45, 2.75) is 25.2 Å². The fraction of sp³-hybridized carbons (Fsp3) is 0.333. The highest BCUT2D eigenvalue weighted by atomic mass is 16.7. The Balaban J connectivity index is 2.33. The van der Waals surface area contributed by atoms with Gasteiger partial charge in [0.2, 0.25) is 5.75 Å². The Kier molecular flexibility index (Phi) is 4.01. The van der Waals surface area contributed by atoms with Crippen molar-refractivity contribution in [3.05, 3.63) is 42.0 Å². The average molecular weight is 278 g/mol. The number of aromatic hydroxyl groups is 3. The molecule has 0 saturated heterocycles. The van der Waals surface area contributed by atoms with Gasteiger partial charge in [0.1, 0.15) is 0 Å². The summed E-state index contributed by atoms with van der Waals surface area (Å²) in [5.74, 6) is -2.06. The predicted octanol–water partition coefficient (Wildman–Crippen LogP) is 2.35. The molecule has 0 fully saturated rings. The second-order valence-corrected chi connectivity index (χ2v) is 4.68. The van der Waals surface area contributed by atoms with Crippen LogP contribution >= 0.6 is 0 Å². The maximum Gasteiger partial charge on any atom is 0.200 e. The highest BCUT2D eigenvalue weighted by molar-refractivity contribution is 5.57. The summed E-state index contributed by atoms with van der Waals surface area (Å²) in [6, 6.07) is 1.43. The number of hydrogen-bond acceptors (Lipinski definition) is 5. The molecule has 0 bridgehead atoms. The molecule has 1 unspecified atom stereocenters. The van der Waals surface area contributed by atoms with Gasteiger partial charge in [0.25, 0.3) is 0 Å². The van der Waals surface area contributed by atoms with Gasteiger partial charge in [0, 0.05) is 25.5 Å². The van der Waals surface area contributed by atoms with Gasteiger partial charge in [-0.1, -0.05) is 24.8 Å². The Labute approximate surface area is 117 Å². The first-order valence-corrected chi connectivity index (χ1v) is 6.25. The summed E-state index contributed by atoms with van der Waals surface area (Å²) < 4.78 is 11.2. The van der Waals surface area contributed by atoms with Gasteiger partial charge in [0.15, 0.2) is 17.3 Å². The summed E-state index contributed by atoms with van der Waals surface area (Å²) >= 11 is 0. The minimum Gasteiger partial charge on any atom is -0.504 e. The molecule has 1 heterocycles. The van der Waals surface area contributed by atoms with Gasteiger partial charge in [-0.15, -0.1) is 0 Å². The number of benzene rings is 1. The maximum atomic E-state index is 9.82. The van der Waals surface area contributed by atoms with Crippen LogP contribution in [0.1, 0.15) is 17.5 Å². The lowest BCUT2D eigenvalue weighted by atomic mass is 9.93. The Morgan fingerprint density at radius 1 is 1.40 bits per heavy atom. The lowest BCUT2D eigenvalue weighted by Crippen LogP contribution is -2.40. The van der Waals surface area contributed by atoms with E-state index >= 15 is 0 Å². The summed E-state index contributed by atoms with van der Waals surface area (Å²) in [6.45, 7) is 3.70. The quantitative estimate of drug-likeness (QED) is 0.582. The normalized spacial score (nSPS) is 21.9. The third-order valence-corrected chi connectivity index (χ3v) is 3.46. The molecule has 0 saturated carbocycles. The highest BCUT2D eigenvalue weighted by Crippen LogP contribution is 2.44. The Morgan fingerprint density at radius 2 is 2.15 bits per heavy atom. The van der Waals surface area contributed by atoms with Crippen LogP contribution in [0.2, 0.25) is 0 Å². The Bertz CT molecular complexity index is 550. The van der Waals surface area contributed by atoms with Crippen LogP contribution in [0, 0.1) is 0 Å². The molecule has 3 N–H and O–H groups in total. The van der Waals surface area contributed by atoms with Crippen molar-refractivity contribution in [1.82, 2.24) is 0 Å². The van der Waals surface area contributed by atoms with Crippen molar-refractivity contribution in [3.8, 4) is 17.2 Å². The van der Waals surface area contributed by atoms with Crippen LogP contribution in [-0.2, 0) is 22.5 Å². The number of phenols is 3. The largest absolute Gasteiger partial charge is 0.504 e. The lowest BCUT2D eigenvalue weighted by molar-refractivity contribution is -0.233. The zero-order valence-electron chi connectivity index (χ0n) is 11.3. The summed E-state index contributed by atoms with van der Waals surface area (Å²) in [4.78, 5) is 0. The topological polar surface area (TPSA) is 79.2 Å². The van der Waals surface area contributed by atoms with Crippen LogP contribution in [0.4, 0.5) is 0 Å². The molecule has 0 aromatic heterocycles. The molecular weight excluding hydrogens is 260 g/mol. The van der Waals surface area contributed by atoms with E-state index in [9.17, 15) is 15.3 Å². The summed E-state index contributed by atoms with van der Waals surface area (Å²) in [5.41, 5.74) is 1.17. The van der Waals surface area contributed by atoms with Gasteiger partial charge in [-0.05, 0) is 11.6 Å². The van der Waals surface area contributed by atoms with Crippen LogP contribution in [-0.4, -0.2) is 28.2 Å². The second-order valence-electron chi connectivity index (χ2n) is 4.68. The molecule has 0 amide bonds. The third-order valence-electron chi connectivity index (χ3n) is 3.46. The average Bonchev–Trinajstić information content (AvgIpc) is 2.45.